The Labute approximate surface area is 165 Å². The molecule has 2 aromatic rings. The van der Waals surface area contributed by atoms with E-state index >= 15 is 0 Å². The van der Waals surface area contributed by atoms with Crippen LogP contribution < -0.4 is 19.5 Å². The van der Waals surface area contributed by atoms with Gasteiger partial charge in [0, 0.05) is 26.2 Å². The van der Waals surface area contributed by atoms with Gasteiger partial charge in [0.2, 0.25) is 15.9 Å². The molecule has 1 amide bonds. The minimum absolute atomic E-state index is 0.0378. The van der Waals surface area contributed by atoms with E-state index in [1.807, 2.05) is 0 Å². The van der Waals surface area contributed by atoms with Crippen molar-refractivity contribution in [3.63, 3.8) is 0 Å². The van der Waals surface area contributed by atoms with Gasteiger partial charge in [-0.05, 0) is 35.9 Å². The van der Waals surface area contributed by atoms with E-state index in [2.05, 4.69) is 5.32 Å². The largest absolute Gasteiger partial charge is 0.495 e. The smallest absolute Gasteiger partial charge is 0.246 e. The number of carbonyl (C=O) groups is 1. The number of nitrogens with one attached hydrogen (secondary N) is 1. The van der Waals surface area contributed by atoms with Crippen LogP contribution in [0.2, 0.25) is 0 Å². The number of sulfonamides is 1. The highest BCUT2D eigenvalue weighted by molar-refractivity contribution is 7.89. The lowest BCUT2D eigenvalue weighted by molar-refractivity contribution is -0.114. The van der Waals surface area contributed by atoms with Gasteiger partial charge in [-0.1, -0.05) is 6.07 Å². The van der Waals surface area contributed by atoms with Gasteiger partial charge < -0.3 is 19.5 Å². The van der Waals surface area contributed by atoms with E-state index in [0.717, 1.165) is 5.56 Å². The molecule has 9 heteroatoms. The molecule has 0 aliphatic rings. The Hall–Kier alpha value is -2.78. The van der Waals surface area contributed by atoms with E-state index in [1.165, 1.54) is 51.7 Å². The minimum Gasteiger partial charge on any atom is -0.495 e. The fourth-order valence-corrected chi connectivity index (χ4v) is 3.98. The van der Waals surface area contributed by atoms with Crippen LogP contribution in [0.25, 0.3) is 0 Å². The van der Waals surface area contributed by atoms with Crippen molar-refractivity contribution < 1.29 is 27.4 Å². The topological polar surface area (TPSA) is 94.2 Å². The summed E-state index contributed by atoms with van der Waals surface area (Å²) in [5.41, 5.74) is 1.09. The number of rotatable bonds is 8. The molecule has 2 rings (SSSR count). The molecule has 0 aliphatic carbocycles. The van der Waals surface area contributed by atoms with Crippen molar-refractivity contribution in [3.8, 4) is 17.2 Å². The summed E-state index contributed by atoms with van der Waals surface area (Å²) in [5.74, 6) is 0.956. The first kappa shape index (κ1) is 21.5. The van der Waals surface area contributed by atoms with Crippen LogP contribution in [0.4, 0.5) is 5.69 Å². The average Bonchev–Trinajstić information content (AvgIpc) is 2.67. The number of carbonyl (C=O) groups excluding carboxylic acids is 1. The number of hydrogen-bond acceptors (Lipinski definition) is 6. The fourth-order valence-electron chi connectivity index (χ4n) is 2.65. The Morgan fingerprint density at radius 1 is 0.964 bits per heavy atom. The minimum atomic E-state index is -3.89. The van der Waals surface area contributed by atoms with Crippen molar-refractivity contribution in [1.82, 2.24) is 4.31 Å². The van der Waals surface area contributed by atoms with Crippen molar-refractivity contribution in [2.75, 3.05) is 33.7 Å². The van der Waals surface area contributed by atoms with E-state index in [4.69, 9.17) is 14.2 Å². The normalized spacial score (nSPS) is 11.2. The molecular weight excluding hydrogens is 384 g/mol. The lowest BCUT2D eigenvalue weighted by Crippen LogP contribution is -2.27. The molecule has 0 spiro atoms. The van der Waals surface area contributed by atoms with Crippen LogP contribution in [0.3, 0.4) is 0 Å². The molecule has 0 bridgehead atoms. The summed E-state index contributed by atoms with van der Waals surface area (Å²) in [5, 5.41) is 2.58. The monoisotopic (exact) mass is 408 g/mol. The van der Waals surface area contributed by atoms with Gasteiger partial charge in [0.1, 0.15) is 10.6 Å². The Morgan fingerprint density at radius 2 is 1.57 bits per heavy atom. The predicted molar refractivity (Wildman–Crippen MR) is 105 cm³/mol. The molecule has 0 saturated carbocycles. The maximum absolute atomic E-state index is 13.1. The van der Waals surface area contributed by atoms with Gasteiger partial charge in [0.15, 0.2) is 11.5 Å². The van der Waals surface area contributed by atoms with Gasteiger partial charge in [0.25, 0.3) is 0 Å². The molecule has 28 heavy (non-hydrogen) atoms. The lowest BCUT2D eigenvalue weighted by atomic mass is 10.2. The molecule has 0 fully saturated rings. The van der Waals surface area contributed by atoms with Crippen molar-refractivity contribution in [3.05, 3.63) is 42.0 Å². The Morgan fingerprint density at radius 3 is 2.14 bits per heavy atom. The third-order valence-corrected chi connectivity index (χ3v) is 5.85. The molecule has 8 nitrogen and oxygen atoms in total. The zero-order valence-electron chi connectivity index (χ0n) is 16.5. The first-order chi connectivity index (χ1) is 13.2. The highest BCUT2D eigenvalue weighted by Gasteiger charge is 2.26. The summed E-state index contributed by atoms with van der Waals surface area (Å²) < 4.78 is 43.1. The molecule has 1 N–H and O–H groups in total. The van der Waals surface area contributed by atoms with Gasteiger partial charge in [-0.25, -0.2) is 8.42 Å². The van der Waals surface area contributed by atoms with Crippen LogP contribution in [0.15, 0.2) is 41.3 Å². The van der Waals surface area contributed by atoms with Crippen LogP contribution in [0.5, 0.6) is 17.2 Å². The van der Waals surface area contributed by atoms with E-state index < -0.39 is 10.0 Å². The predicted octanol–water partition coefficient (Wildman–Crippen LogP) is 2.49. The Balaban J connectivity index is 2.37. The molecule has 0 aliphatic heterocycles. The molecule has 2 aromatic carbocycles. The molecule has 0 unspecified atom stereocenters. The summed E-state index contributed by atoms with van der Waals surface area (Å²) in [6, 6.07) is 9.65. The van der Waals surface area contributed by atoms with E-state index in [1.54, 1.807) is 24.3 Å². The van der Waals surface area contributed by atoms with Gasteiger partial charge in [-0.2, -0.15) is 4.31 Å². The second-order valence-corrected chi connectivity index (χ2v) is 8.01. The number of ether oxygens (including phenoxy) is 3. The lowest BCUT2D eigenvalue weighted by Gasteiger charge is -2.20. The van der Waals surface area contributed by atoms with E-state index in [9.17, 15) is 13.2 Å². The summed E-state index contributed by atoms with van der Waals surface area (Å²) in [7, 11) is 2.01. The molecular formula is C19H24N2O6S. The van der Waals surface area contributed by atoms with E-state index in [-0.39, 0.29) is 23.1 Å². The molecule has 0 heterocycles. The van der Waals surface area contributed by atoms with Gasteiger partial charge in [0.05, 0.1) is 21.3 Å². The summed E-state index contributed by atoms with van der Waals surface area (Å²) in [6.07, 6.45) is 0. The van der Waals surface area contributed by atoms with Crippen LogP contribution in [-0.2, 0) is 21.4 Å². The summed E-state index contributed by atoms with van der Waals surface area (Å²) in [6.45, 7) is 1.46. The SMILES string of the molecule is COc1ccc(CN(C)S(=O)(=O)c2cc(NC(C)=O)ccc2OC)cc1OC. The quantitative estimate of drug-likeness (QED) is 0.721. The van der Waals surface area contributed by atoms with Crippen LogP contribution >= 0.6 is 0 Å². The van der Waals surface area contributed by atoms with Gasteiger partial charge in [-0.15, -0.1) is 0 Å². The summed E-state index contributed by atoms with van der Waals surface area (Å²) in [4.78, 5) is 11.3. The third kappa shape index (κ3) is 4.73. The molecule has 0 radical (unpaired) electrons. The average molecular weight is 408 g/mol. The van der Waals surface area contributed by atoms with Gasteiger partial charge in [-0.3, -0.25) is 4.79 Å². The first-order valence-electron chi connectivity index (χ1n) is 8.35. The first-order valence-corrected chi connectivity index (χ1v) is 9.79. The third-order valence-electron chi connectivity index (χ3n) is 4.03. The van der Waals surface area contributed by atoms with E-state index in [0.29, 0.717) is 17.2 Å². The van der Waals surface area contributed by atoms with Crippen LogP contribution in [-0.4, -0.2) is 47.0 Å². The molecule has 0 saturated heterocycles. The number of hydrogen-bond donors (Lipinski definition) is 1. The van der Waals surface area contributed by atoms with Crippen LogP contribution in [0, 0.1) is 0 Å². The number of benzene rings is 2. The van der Waals surface area contributed by atoms with Crippen molar-refractivity contribution >= 4 is 21.6 Å². The highest BCUT2D eigenvalue weighted by Crippen LogP contribution is 2.31. The summed E-state index contributed by atoms with van der Waals surface area (Å²) >= 11 is 0. The van der Waals surface area contributed by atoms with Crippen molar-refractivity contribution in [2.24, 2.45) is 0 Å². The second kappa shape index (κ2) is 8.94. The Kier molecular flexibility index (Phi) is 6.87. The highest BCUT2D eigenvalue weighted by atomic mass is 32.2. The molecule has 152 valence electrons. The number of methoxy groups -OCH3 is 3. The zero-order chi connectivity index (χ0) is 20.9. The van der Waals surface area contributed by atoms with Gasteiger partial charge >= 0.3 is 0 Å². The Bertz CT molecular complexity index is 959. The van der Waals surface area contributed by atoms with Crippen molar-refractivity contribution in [1.29, 1.82) is 0 Å². The maximum atomic E-state index is 13.1. The van der Waals surface area contributed by atoms with Crippen molar-refractivity contribution in [2.45, 2.75) is 18.4 Å². The molecule has 0 atom stereocenters. The zero-order valence-corrected chi connectivity index (χ0v) is 17.3. The standard InChI is InChI=1S/C19H24N2O6S/c1-13(22)20-15-7-9-17(26-4)19(11-15)28(23,24)21(2)12-14-6-8-16(25-3)18(10-14)27-5/h6-11H,12H2,1-5H3,(H,20,22). The number of nitrogens with zero attached hydrogens (tertiary/aromatic N) is 1. The second-order valence-electron chi connectivity index (χ2n) is 6.00. The maximum Gasteiger partial charge on any atom is 0.246 e. The molecule has 0 aromatic heterocycles. The fraction of sp³-hybridized carbons (Fsp3) is 0.316. The van der Waals surface area contributed by atoms with Crippen LogP contribution in [0.1, 0.15) is 12.5 Å². The number of amides is 1. The number of anilines is 1.